The summed E-state index contributed by atoms with van der Waals surface area (Å²) in [6.07, 6.45) is -8.90. The summed E-state index contributed by atoms with van der Waals surface area (Å²) in [6.45, 7) is 0.975. The Kier molecular flexibility index (Phi) is 5.16. The molecule has 1 unspecified atom stereocenters. The van der Waals surface area contributed by atoms with Crippen LogP contribution in [-0.4, -0.2) is 39.1 Å². The molecule has 1 aromatic carbocycles. The number of nitrogens with one attached hydrogen (secondary N) is 1. The van der Waals surface area contributed by atoms with Gasteiger partial charge in [0.1, 0.15) is 0 Å². The molecule has 0 saturated heterocycles. The number of hydrogen-bond donors (Lipinski definition) is 2. The number of H-pyrrole nitrogens is 1. The molecule has 4 nitrogen and oxygen atoms in total. The van der Waals surface area contributed by atoms with E-state index in [-0.39, 0.29) is 5.69 Å². The van der Waals surface area contributed by atoms with Crippen molar-refractivity contribution in [3.63, 3.8) is 0 Å². The van der Waals surface area contributed by atoms with E-state index >= 15 is 0 Å². The fraction of sp³-hybridized carbons (Fsp3) is 0.400. The molecule has 0 spiro atoms. The van der Waals surface area contributed by atoms with Crippen LogP contribution in [0.3, 0.4) is 0 Å². The number of alkyl halides is 8. The Bertz CT molecular complexity index is 860. The first kappa shape index (κ1) is 20.9. The van der Waals surface area contributed by atoms with Crippen LogP contribution in [0.25, 0.3) is 5.69 Å². The highest BCUT2D eigenvalue weighted by Gasteiger charge is 2.77. The van der Waals surface area contributed by atoms with E-state index in [1.807, 2.05) is 5.10 Å². The number of aliphatic hydroxyl groups excluding tert-OH is 1. The topological polar surface area (TPSA) is 58.0 Å². The van der Waals surface area contributed by atoms with E-state index in [4.69, 9.17) is 0 Å². The van der Waals surface area contributed by atoms with Gasteiger partial charge in [-0.3, -0.25) is 14.6 Å². The molecule has 1 aromatic heterocycles. The number of hydrogen-bond acceptors (Lipinski definition) is 2. The van der Waals surface area contributed by atoms with Gasteiger partial charge in [0.15, 0.2) is 6.10 Å². The Morgan fingerprint density at radius 3 is 2.00 bits per heavy atom. The van der Waals surface area contributed by atoms with Crippen LogP contribution in [0.1, 0.15) is 17.4 Å². The van der Waals surface area contributed by atoms with Crippen LogP contribution in [0.2, 0.25) is 0 Å². The van der Waals surface area contributed by atoms with Crippen LogP contribution >= 0.6 is 0 Å². The fourth-order valence-electron chi connectivity index (χ4n) is 2.40. The Balaban J connectivity index is 2.56. The third-order valence-electron chi connectivity index (χ3n) is 3.93. The number of para-hydroxylation sites is 1. The lowest BCUT2D eigenvalue weighted by atomic mass is 9.95. The maximum atomic E-state index is 13.9. The summed E-state index contributed by atoms with van der Waals surface area (Å²) < 4.78 is 106. The lowest BCUT2D eigenvalue weighted by Gasteiger charge is -2.34. The van der Waals surface area contributed by atoms with Crippen molar-refractivity contribution in [2.24, 2.45) is 0 Å². The second kappa shape index (κ2) is 6.66. The number of aliphatic hydroxyl groups is 1. The number of aromatic amines is 1. The minimum atomic E-state index is -6.64. The summed E-state index contributed by atoms with van der Waals surface area (Å²) in [5.41, 5.74) is -3.14. The molecule has 2 rings (SSSR count). The van der Waals surface area contributed by atoms with Crippen molar-refractivity contribution < 1.29 is 40.2 Å². The summed E-state index contributed by atoms with van der Waals surface area (Å²) in [4.78, 5) is 11.9. The molecule has 0 radical (unpaired) electrons. The number of benzene rings is 1. The zero-order valence-electron chi connectivity index (χ0n) is 13.4. The molecule has 0 aliphatic heterocycles. The number of halogens is 8. The molecule has 2 N–H and O–H groups in total. The van der Waals surface area contributed by atoms with Crippen molar-refractivity contribution in [2.75, 3.05) is 0 Å². The summed E-state index contributed by atoms with van der Waals surface area (Å²) in [5, 5.41) is 11.6. The van der Waals surface area contributed by atoms with Crippen LogP contribution in [0.15, 0.2) is 35.1 Å². The fourth-order valence-corrected chi connectivity index (χ4v) is 2.40. The molecule has 0 fully saturated rings. The number of rotatable bonds is 6. The molecule has 150 valence electrons. The molecule has 0 aliphatic rings. The van der Waals surface area contributed by atoms with Gasteiger partial charge in [-0.2, -0.15) is 26.3 Å². The molecule has 27 heavy (non-hydrogen) atoms. The largest absolute Gasteiger partial charge is 0.382 e. The molecule has 0 bridgehead atoms. The minimum Gasteiger partial charge on any atom is -0.382 e. The van der Waals surface area contributed by atoms with Crippen molar-refractivity contribution in [2.45, 2.75) is 37.2 Å². The van der Waals surface area contributed by atoms with Gasteiger partial charge in [-0.1, -0.05) is 18.2 Å². The van der Waals surface area contributed by atoms with Crippen LogP contribution in [0.5, 0.6) is 0 Å². The second-order valence-electron chi connectivity index (χ2n) is 5.63. The van der Waals surface area contributed by atoms with Crippen LogP contribution in [0.4, 0.5) is 35.1 Å². The highest BCUT2D eigenvalue weighted by Crippen LogP contribution is 2.53. The van der Waals surface area contributed by atoms with Crippen molar-refractivity contribution in [1.82, 2.24) is 9.78 Å². The highest BCUT2D eigenvalue weighted by atomic mass is 19.4. The van der Waals surface area contributed by atoms with E-state index < -0.39 is 47.1 Å². The standard InChI is InChI=1S/C15H12F8N2O2/c1-7-9(11(27)24-25(7)8-5-3-2-4-6-8)10(26)13(18,19)15(22,23)14(20,21)12(16)17/h2-6,10,12,26H,1H3,(H,24,27). The molecular weight excluding hydrogens is 392 g/mol. The Labute approximate surface area is 146 Å². The van der Waals surface area contributed by atoms with Gasteiger partial charge in [-0.25, -0.2) is 8.78 Å². The number of nitrogens with zero attached hydrogens (tertiary/aromatic N) is 1. The van der Waals surface area contributed by atoms with E-state index in [0.29, 0.717) is 0 Å². The minimum absolute atomic E-state index is 0.179. The maximum Gasteiger partial charge on any atom is 0.380 e. The summed E-state index contributed by atoms with van der Waals surface area (Å²) in [7, 11) is 0. The third kappa shape index (κ3) is 3.11. The van der Waals surface area contributed by atoms with Crippen molar-refractivity contribution in [3.05, 3.63) is 51.9 Å². The molecule has 2 aromatic rings. The average Bonchev–Trinajstić information content (AvgIpc) is 2.88. The number of aromatic nitrogens is 2. The van der Waals surface area contributed by atoms with Gasteiger partial charge >= 0.3 is 24.2 Å². The van der Waals surface area contributed by atoms with Crippen molar-refractivity contribution >= 4 is 0 Å². The van der Waals surface area contributed by atoms with E-state index in [0.717, 1.165) is 11.6 Å². The van der Waals surface area contributed by atoms with Gasteiger partial charge in [-0.15, -0.1) is 0 Å². The van der Waals surface area contributed by atoms with Gasteiger partial charge < -0.3 is 5.11 Å². The van der Waals surface area contributed by atoms with Crippen molar-refractivity contribution in [3.8, 4) is 5.69 Å². The summed E-state index contributed by atoms with van der Waals surface area (Å²) >= 11 is 0. The highest BCUT2D eigenvalue weighted by molar-refractivity contribution is 5.36. The SMILES string of the molecule is Cc1c(C(O)C(F)(F)C(F)(F)C(F)(F)C(F)F)c(=O)[nH]n1-c1ccccc1. The van der Waals surface area contributed by atoms with Crippen LogP contribution < -0.4 is 5.56 Å². The molecule has 0 aliphatic carbocycles. The quantitative estimate of drug-likeness (QED) is 0.722. The zero-order chi connectivity index (χ0) is 20.8. The third-order valence-corrected chi connectivity index (χ3v) is 3.93. The van der Waals surface area contributed by atoms with E-state index in [1.54, 1.807) is 6.07 Å². The molecule has 0 saturated carbocycles. The smallest absolute Gasteiger partial charge is 0.380 e. The second-order valence-corrected chi connectivity index (χ2v) is 5.63. The van der Waals surface area contributed by atoms with Crippen molar-refractivity contribution in [1.29, 1.82) is 0 Å². The first-order valence-corrected chi connectivity index (χ1v) is 7.23. The Hall–Kier alpha value is -2.37. The maximum absolute atomic E-state index is 13.9. The predicted octanol–water partition coefficient (Wildman–Crippen LogP) is 3.68. The molecule has 12 heteroatoms. The van der Waals surface area contributed by atoms with Gasteiger partial charge in [0, 0.05) is 5.69 Å². The monoisotopic (exact) mass is 404 g/mol. The van der Waals surface area contributed by atoms with Crippen LogP contribution in [0, 0.1) is 6.92 Å². The first-order valence-electron chi connectivity index (χ1n) is 7.23. The predicted molar refractivity (Wildman–Crippen MR) is 76.9 cm³/mol. The first-order chi connectivity index (χ1) is 12.3. The van der Waals surface area contributed by atoms with Gasteiger partial charge in [0.25, 0.3) is 5.56 Å². The Morgan fingerprint density at radius 1 is 1.00 bits per heavy atom. The average molecular weight is 404 g/mol. The molecule has 0 amide bonds. The van der Waals surface area contributed by atoms with Crippen LogP contribution in [-0.2, 0) is 0 Å². The molecular formula is C15H12F8N2O2. The molecule has 1 heterocycles. The normalized spacial score (nSPS) is 14.6. The molecule has 1 atom stereocenters. The Morgan fingerprint density at radius 2 is 1.52 bits per heavy atom. The van der Waals surface area contributed by atoms with E-state index in [9.17, 15) is 45.0 Å². The zero-order valence-corrected chi connectivity index (χ0v) is 13.4. The van der Waals surface area contributed by atoms with Gasteiger partial charge in [0.2, 0.25) is 0 Å². The summed E-state index contributed by atoms with van der Waals surface area (Å²) in [5.74, 6) is -19.2. The summed E-state index contributed by atoms with van der Waals surface area (Å²) in [6, 6.07) is 7.30. The van der Waals surface area contributed by atoms with E-state index in [2.05, 4.69) is 0 Å². The van der Waals surface area contributed by atoms with E-state index in [1.165, 1.54) is 24.3 Å². The van der Waals surface area contributed by atoms with Gasteiger partial charge in [0.05, 0.1) is 11.3 Å². The lowest BCUT2D eigenvalue weighted by Crippen LogP contribution is -2.60. The van der Waals surface area contributed by atoms with Gasteiger partial charge in [-0.05, 0) is 19.1 Å². The lowest BCUT2D eigenvalue weighted by molar-refractivity contribution is -0.357.